The van der Waals surface area contributed by atoms with E-state index in [-0.39, 0.29) is 24.2 Å². The van der Waals surface area contributed by atoms with E-state index in [9.17, 15) is 2.74 Å². The summed E-state index contributed by atoms with van der Waals surface area (Å²) >= 11 is 1.81. The van der Waals surface area contributed by atoms with Crippen molar-refractivity contribution in [1.82, 2.24) is 0 Å². The van der Waals surface area contributed by atoms with E-state index in [1.807, 2.05) is 61.8 Å². The Hall–Kier alpha value is -5.70. The van der Waals surface area contributed by atoms with Crippen LogP contribution in [0.5, 0.6) is 0 Å². The summed E-state index contributed by atoms with van der Waals surface area (Å²) in [5, 5.41) is 5.41. The van der Waals surface area contributed by atoms with Crippen LogP contribution >= 0.6 is 11.3 Å². The van der Waals surface area contributed by atoms with E-state index in [1.165, 1.54) is 25.7 Å². The minimum absolute atomic E-state index is 0.0339. The Bertz CT molecular complexity index is 2840. The number of hydrogen-bond donors (Lipinski definition) is 0. The Kier molecular flexibility index (Phi) is 5.87. The number of nitrogens with zero attached hydrogens (tertiary/aromatic N) is 1. The number of fused-ring (bicyclic) bond motifs is 5. The summed E-state index contributed by atoms with van der Waals surface area (Å²) in [5.41, 5.74) is 9.01. The van der Waals surface area contributed by atoms with Gasteiger partial charge in [0.25, 0.3) is 0 Å². The molecule has 0 spiro atoms. The van der Waals surface area contributed by atoms with Crippen molar-refractivity contribution in [3.8, 4) is 44.5 Å². The summed E-state index contributed by atoms with van der Waals surface area (Å²) in [6, 6.07) is 47.9. The third-order valence-electron chi connectivity index (χ3n) is 9.40. The third kappa shape index (κ3) is 4.60. The van der Waals surface area contributed by atoms with Crippen LogP contribution in [0.4, 0.5) is 5.69 Å². The highest BCUT2D eigenvalue weighted by Crippen LogP contribution is 2.47. The van der Waals surface area contributed by atoms with Gasteiger partial charge >= 0.3 is 0 Å². The molecule has 0 aliphatic heterocycles. The molecule has 9 rings (SSSR count). The standard InChI is InChI=1S/C46H33NS/c1-47(2)34-25-26-38-40(29-34)44(31-15-7-4-8-16-31)37-18-10-9-17-36(37)43(38)32-21-23-33(24-22-32)45-35(30-13-5-3-6-14-30)27-28-42-46(45)39-19-11-12-20-41(39)48-42/h3-29H,1-2H3/i9D,10D,17D,18D. The molecule has 0 saturated heterocycles. The maximum absolute atomic E-state index is 9.31. The molecular formula is C46H33NS. The van der Waals surface area contributed by atoms with E-state index in [0.29, 0.717) is 10.8 Å². The monoisotopic (exact) mass is 635 g/mol. The van der Waals surface area contributed by atoms with E-state index in [1.54, 1.807) is 0 Å². The fourth-order valence-corrected chi connectivity index (χ4v) is 8.29. The van der Waals surface area contributed by atoms with Crippen LogP contribution in [-0.4, -0.2) is 14.1 Å². The quantitative estimate of drug-likeness (QED) is 0.170. The van der Waals surface area contributed by atoms with Crippen LogP contribution < -0.4 is 4.90 Å². The van der Waals surface area contributed by atoms with Crippen molar-refractivity contribution in [2.24, 2.45) is 0 Å². The van der Waals surface area contributed by atoms with Crippen LogP contribution in [-0.2, 0) is 0 Å². The molecule has 0 N–H and O–H groups in total. The van der Waals surface area contributed by atoms with E-state index < -0.39 is 0 Å². The first kappa shape index (κ1) is 24.5. The van der Waals surface area contributed by atoms with Crippen molar-refractivity contribution in [2.45, 2.75) is 0 Å². The molecule has 0 bridgehead atoms. The first-order chi connectivity index (χ1) is 25.3. The normalized spacial score (nSPS) is 12.7. The summed E-state index contributed by atoms with van der Waals surface area (Å²) in [6.07, 6.45) is 0. The van der Waals surface area contributed by atoms with Crippen LogP contribution in [0.2, 0.25) is 0 Å². The average Bonchev–Trinajstić information content (AvgIpc) is 3.57. The second kappa shape index (κ2) is 11.5. The molecule has 0 radical (unpaired) electrons. The number of rotatable bonds is 5. The molecule has 48 heavy (non-hydrogen) atoms. The highest BCUT2D eigenvalue weighted by Gasteiger charge is 2.19. The maximum Gasteiger partial charge on any atom is 0.0629 e. The molecule has 1 nitrogen and oxygen atoms in total. The average molecular weight is 636 g/mol. The van der Waals surface area contributed by atoms with Crippen LogP contribution in [0.3, 0.4) is 0 Å². The zero-order chi connectivity index (χ0) is 35.7. The highest BCUT2D eigenvalue weighted by atomic mass is 32.1. The lowest BCUT2D eigenvalue weighted by Crippen LogP contribution is -2.08. The lowest BCUT2D eigenvalue weighted by molar-refractivity contribution is 1.14. The highest BCUT2D eigenvalue weighted by molar-refractivity contribution is 7.26. The Morgan fingerprint density at radius 3 is 1.73 bits per heavy atom. The van der Waals surface area contributed by atoms with Crippen molar-refractivity contribution in [1.29, 1.82) is 0 Å². The Balaban J connectivity index is 1.37. The van der Waals surface area contributed by atoms with Gasteiger partial charge in [-0.15, -0.1) is 11.3 Å². The van der Waals surface area contributed by atoms with Crippen LogP contribution in [0, 0.1) is 0 Å². The van der Waals surface area contributed by atoms with Gasteiger partial charge < -0.3 is 4.90 Å². The Labute approximate surface area is 290 Å². The number of thiophene rings is 1. The number of hydrogen-bond acceptors (Lipinski definition) is 2. The molecule has 0 atom stereocenters. The number of anilines is 1. The Morgan fingerprint density at radius 2 is 1.04 bits per heavy atom. The molecule has 0 aliphatic carbocycles. The Morgan fingerprint density at radius 1 is 0.458 bits per heavy atom. The first-order valence-corrected chi connectivity index (χ1v) is 17.0. The van der Waals surface area contributed by atoms with Crippen molar-refractivity contribution < 1.29 is 5.48 Å². The fourth-order valence-electron chi connectivity index (χ4n) is 7.17. The van der Waals surface area contributed by atoms with Crippen LogP contribution in [0.1, 0.15) is 5.48 Å². The second-order valence-electron chi connectivity index (χ2n) is 12.4. The van der Waals surface area contributed by atoms with Crippen molar-refractivity contribution >= 4 is 58.7 Å². The topological polar surface area (TPSA) is 3.24 Å². The first-order valence-electron chi connectivity index (χ1n) is 18.1. The predicted molar refractivity (Wildman–Crippen MR) is 210 cm³/mol. The molecule has 0 aliphatic rings. The smallest absolute Gasteiger partial charge is 0.0629 e. The van der Waals surface area contributed by atoms with Gasteiger partial charge in [-0.3, -0.25) is 0 Å². The summed E-state index contributed by atoms with van der Waals surface area (Å²) in [5.74, 6) is 0. The van der Waals surface area contributed by atoms with Crippen molar-refractivity contribution in [2.75, 3.05) is 19.0 Å². The molecule has 0 amide bonds. The van der Waals surface area contributed by atoms with Gasteiger partial charge in [0.05, 0.1) is 5.48 Å². The van der Waals surface area contributed by atoms with Gasteiger partial charge in [-0.2, -0.15) is 0 Å². The van der Waals surface area contributed by atoms with Crippen LogP contribution in [0.25, 0.3) is 86.2 Å². The molecule has 2 heteroatoms. The van der Waals surface area contributed by atoms with E-state index >= 15 is 0 Å². The molecule has 9 aromatic rings. The molecule has 0 fully saturated rings. The largest absolute Gasteiger partial charge is 0.378 e. The maximum atomic E-state index is 9.31. The second-order valence-corrected chi connectivity index (χ2v) is 13.5. The van der Waals surface area contributed by atoms with Crippen molar-refractivity contribution in [3.63, 3.8) is 0 Å². The summed E-state index contributed by atoms with van der Waals surface area (Å²) in [6.45, 7) is 0. The zero-order valence-corrected chi connectivity index (χ0v) is 27.5. The number of benzene rings is 8. The minimum atomic E-state index is -0.234. The van der Waals surface area contributed by atoms with Gasteiger partial charge in [0.1, 0.15) is 0 Å². The van der Waals surface area contributed by atoms with Gasteiger partial charge in [0.15, 0.2) is 0 Å². The molecule has 1 heterocycles. The summed E-state index contributed by atoms with van der Waals surface area (Å²) < 4.78 is 38.6. The summed E-state index contributed by atoms with van der Waals surface area (Å²) in [7, 11) is 4.02. The molecule has 0 unspecified atom stereocenters. The molecule has 8 aromatic carbocycles. The van der Waals surface area contributed by atoms with E-state index in [4.69, 9.17) is 2.74 Å². The predicted octanol–water partition coefficient (Wildman–Crippen LogP) is 13.1. The zero-order valence-electron chi connectivity index (χ0n) is 30.6. The van der Waals surface area contributed by atoms with Crippen molar-refractivity contribution in [3.05, 3.63) is 164 Å². The SMILES string of the molecule is [2H]c1c([2H])c([2H])c2c(-c3ccccc3)c3cc(N(C)C)ccc3c(-c3ccc(-c4c(-c5ccccc5)ccc5sc6ccccc6c45)cc3)c2c1[2H]. The molecule has 1 aromatic heterocycles. The lowest BCUT2D eigenvalue weighted by Gasteiger charge is -2.20. The van der Waals surface area contributed by atoms with E-state index in [0.717, 1.165) is 55.4 Å². The van der Waals surface area contributed by atoms with Crippen LogP contribution in [0.15, 0.2) is 164 Å². The van der Waals surface area contributed by atoms with Gasteiger partial charge in [-0.1, -0.05) is 139 Å². The summed E-state index contributed by atoms with van der Waals surface area (Å²) in [4.78, 5) is 2.06. The van der Waals surface area contributed by atoms with Gasteiger partial charge in [0, 0.05) is 40.0 Å². The van der Waals surface area contributed by atoms with Gasteiger partial charge in [-0.05, 0) is 90.3 Å². The molecule has 0 saturated carbocycles. The fraction of sp³-hybridized carbons (Fsp3) is 0.0435. The van der Waals surface area contributed by atoms with E-state index in [2.05, 4.69) is 108 Å². The molecular weight excluding hydrogens is 599 g/mol. The minimum Gasteiger partial charge on any atom is -0.378 e. The third-order valence-corrected chi connectivity index (χ3v) is 10.5. The van der Waals surface area contributed by atoms with Gasteiger partial charge in [0.2, 0.25) is 0 Å². The molecule has 228 valence electrons. The lowest BCUT2D eigenvalue weighted by atomic mass is 9.85. The van der Waals surface area contributed by atoms with Gasteiger partial charge in [-0.25, -0.2) is 0 Å².